The van der Waals surface area contributed by atoms with Crippen LogP contribution in [-0.2, 0) is 9.47 Å². The average Bonchev–Trinajstić information content (AvgIpc) is 2.17. The molecule has 13 heavy (non-hydrogen) atoms. The Bertz CT molecular complexity index is 122. The van der Waals surface area contributed by atoms with Gasteiger partial charge in [0, 0.05) is 20.1 Å². The number of allylic oxidation sites excluding steroid dienone is 2. The standard InChI is InChI=1S/C10H19ClO2/c1-12-10(13-2)8-6-4-3-5-7-9-11/h5,7,10H,3-4,6,8-9H2,1-2H3/b7-5+. The minimum atomic E-state index is -0.0444. The van der Waals surface area contributed by atoms with Crippen LogP contribution >= 0.6 is 11.6 Å². The second-order valence-corrected chi connectivity index (χ2v) is 3.12. The lowest BCUT2D eigenvalue weighted by atomic mass is 10.2. The predicted octanol–water partition coefficient (Wildman–Crippen LogP) is 2.96. The van der Waals surface area contributed by atoms with E-state index in [0.29, 0.717) is 5.88 Å². The minimum absolute atomic E-state index is 0.0444. The number of hydrogen-bond acceptors (Lipinski definition) is 2. The fraction of sp³-hybridized carbons (Fsp3) is 0.800. The molecule has 0 N–H and O–H groups in total. The zero-order valence-corrected chi connectivity index (χ0v) is 9.22. The monoisotopic (exact) mass is 206 g/mol. The van der Waals surface area contributed by atoms with Crippen molar-refractivity contribution < 1.29 is 9.47 Å². The van der Waals surface area contributed by atoms with Crippen LogP contribution in [-0.4, -0.2) is 26.4 Å². The normalized spacial score (nSPS) is 11.7. The maximum Gasteiger partial charge on any atom is 0.156 e. The fourth-order valence-electron chi connectivity index (χ4n) is 1.09. The zero-order chi connectivity index (χ0) is 9.94. The van der Waals surface area contributed by atoms with Crippen molar-refractivity contribution in [1.29, 1.82) is 0 Å². The Morgan fingerprint density at radius 3 is 2.38 bits per heavy atom. The lowest BCUT2D eigenvalue weighted by Gasteiger charge is -2.11. The smallest absolute Gasteiger partial charge is 0.156 e. The molecule has 78 valence electrons. The van der Waals surface area contributed by atoms with E-state index < -0.39 is 0 Å². The Morgan fingerprint density at radius 1 is 1.15 bits per heavy atom. The number of unbranched alkanes of at least 4 members (excludes halogenated alkanes) is 2. The number of hydrogen-bond donors (Lipinski definition) is 0. The third kappa shape index (κ3) is 8.28. The van der Waals surface area contributed by atoms with E-state index in [2.05, 4.69) is 6.08 Å². The molecule has 2 nitrogen and oxygen atoms in total. The Morgan fingerprint density at radius 2 is 1.85 bits per heavy atom. The lowest BCUT2D eigenvalue weighted by Crippen LogP contribution is -2.12. The molecule has 0 bridgehead atoms. The first kappa shape index (κ1) is 12.9. The van der Waals surface area contributed by atoms with Gasteiger partial charge in [0.15, 0.2) is 6.29 Å². The molecule has 0 aromatic rings. The van der Waals surface area contributed by atoms with E-state index in [-0.39, 0.29) is 6.29 Å². The minimum Gasteiger partial charge on any atom is -0.356 e. The van der Waals surface area contributed by atoms with Crippen molar-refractivity contribution in [3.63, 3.8) is 0 Å². The number of ether oxygens (including phenoxy) is 2. The van der Waals surface area contributed by atoms with Gasteiger partial charge in [-0.15, -0.1) is 11.6 Å². The maximum absolute atomic E-state index is 5.48. The first-order valence-electron chi connectivity index (χ1n) is 4.61. The molecule has 0 aliphatic rings. The summed E-state index contributed by atoms with van der Waals surface area (Å²) in [6.45, 7) is 0. The summed E-state index contributed by atoms with van der Waals surface area (Å²) in [5, 5.41) is 0. The van der Waals surface area contributed by atoms with Gasteiger partial charge < -0.3 is 9.47 Å². The number of halogens is 1. The molecule has 0 aromatic carbocycles. The van der Waals surface area contributed by atoms with Gasteiger partial charge in [0.05, 0.1) is 0 Å². The third-order valence-electron chi connectivity index (χ3n) is 1.84. The quantitative estimate of drug-likeness (QED) is 0.263. The van der Waals surface area contributed by atoms with E-state index in [1.807, 2.05) is 6.08 Å². The average molecular weight is 207 g/mol. The molecule has 0 spiro atoms. The molecule has 0 saturated heterocycles. The Labute approximate surface area is 85.9 Å². The molecule has 0 aromatic heterocycles. The summed E-state index contributed by atoms with van der Waals surface area (Å²) in [4.78, 5) is 0. The van der Waals surface area contributed by atoms with Crippen molar-refractivity contribution in [3.05, 3.63) is 12.2 Å². The molecular weight excluding hydrogens is 188 g/mol. The van der Waals surface area contributed by atoms with Gasteiger partial charge in [0.2, 0.25) is 0 Å². The molecule has 0 aliphatic carbocycles. The predicted molar refractivity (Wildman–Crippen MR) is 56.1 cm³/mol. The van der Waals surface area contributed by atoms with Crippen molar-refractivity contribution in [2.75, 3.05) is 20.1 Å². The highest BCUT2D eigenvalue weighted by molar-refractivity contribution is 6.18. The first-order chi connectivity index (χ1) is 6.35. The van der Waals surface area contributed by atoms with Gasteiger partial charge in [0.1, 0.15) is 0 Å². The van der Waals surface area contributed by atoms with E-state index in [1.54, 1.807) is 14.2 Å². The van der Waals surface area contributed by atoms with Gasteiger partial charge in [0.25, 0.3) is 0 Å². The number of methoxy groups -OCH3 is 2. The molecule has 0 aliphatic heterocycles. The highest BCUT2D eigenvalue weighted by Gasteiger charge is 2.02. The molecular formula is C10H19ClO2. The van der Waals surface area contributed by atoms with Crippen LogP contribution < -0.4 is 0 Å². The molecule has 0 heterocycles. The van der Waals surface area contributed by atoms with E-state index in [0.717, 1.165) is 25.7 Å². The highest BCUT2D eigenvalue weighted by Crippen LogP contribution is 2.06. The summed E-state index contributed by atoms with van der Waals surface area (Å²) in [6.07, 6.45) is 8.38. The number of alkyl halides is 1. The largest absolute Gasteiger partial charge is 0.356 e. The van der Waals surface area contributed by atoms with Crippen LogP contribution in [0.15, 0.2) is 12.2 Å². The van der Waals surface area contributed by atoms with Crippen LogP contribution in [0.4, 0.5) is 0 Å². The van der Waals surface area contributed by atoms with Gasteiger partial charge in [-0.1, -0.05) is 12.2 Å². The summed E-state index contributed by atoms with van der Waals surface area (Å²) in [5.41, 5.74) is 0. The molecule has 0 saturated carbocycles. The number of rotatable bonds is 8. The van der Waals surface area contributed by atoms with Gasteiger partial charge in [-0.2, -0.15) is 0 Å². The molecule has 0 fully saturated rings. The van der Waals surface area contributed by atoms with Crippen molar-refractivity contribution in [1.82, 2.24) is 0 Å². The Balaban J connectivity index is 3.19. The van der Waals surface area contributed by atoms with Crippen LogP contribution in [0.1, 0.15) is 25.7 Å². The van der Waals surface area contributed by atoms with Crippen LogP contribution in [0.5, 0.6) is 0 Å². The van der Waals surface area contributed by atoms with E-state index in [1.165, 1.54) is 0 Å². The summed E-state index contributed by atoms with van der Waals surface area (Å²) in [7, 11) is 3.34. The summed E-state index contributed by atoms with van der Waals surface area (Å²) in [5.74, 6) is 0.610. The van der Waals surface area contributed by atoms with Gasteiger partial charge in [-0.05, 0) is 25.7 Å². The van der Waals surface area contributed by atoms with Gasteiger partial charge in [-0.25, -0.2) is 0 Å². The van der Waals surface area contributed by atoms with Gasteiger partial charge in [-0.3, -0.25) is 0 Å². The van der Waals surface area contributed by atoms with Gasteiger partial charge >= 0.3 is 0 Å². The molecule has 0 radical (unpaired) electrons. The third-order valence-corrected chi connectivity index (χ3v) is 2.02. The highest BCUT2D eigenvalue weighted by atomic mass is 35.5. The Kier molecular flexibility index (Phi) is 10.00. The molecule has 0 atom stereocenters. The van der Waals surface area contributed by atoms with E-state index in [9.17, 15) is 0 Å². The fourth-order valence-corrected chi connectivity index (χ4v) is 1.21. The molecule has 3 heteroatoms. The van der Waals surface area contributed by atoms with Crippen molar-refractivity contribution in [3.8, 4) is 0 Å². The SMILES string of the molecule is COC(CCCC/C=C/CCl)OC. The maximum atomic E-state index is 5.48. The van der Waals surface area contributed by atoms with E-state index in [4.69, 9.17) is 21.1 Å². The molecule has 0 rings (SSSR count). The van der Waals surface area contributed by atoms with Crippen molar-refractivity contribution >= 4 is 11.6 Å². The summed E-state index contributed by atoms with van der Waals surface area (Å²) < 4.78 is 10.1. The second kappa shape index (κ2) is 10.0. The zero-order valence-electron chi connectivity index (χ0n) is 8.46. The Hall–Kier alpha value is -0.0500. The van der Waals surface area contributed by atoms with E-state index >= 15 is 0 Å². The van der Waals surface area contributed by atoms with Crippen LogP contribution in [0.3, 0.4) is 0 Å². The second-order valence-electron chi connectivity index (χ2n) is 2.81. The van der Waals surface area contributed by atoms with Crippen molar-refractivity contribution in [2.24, 2.45) is 0 Å². The van der Waals surface area contributed by atoms with Crippen molar-refractivity contribution in [2.45, 2.75) is 32.0 Å². The van der Waals surface area contributed by atoms with Crippen LogP contribution in [0.2, 0.25) is 0 Å². The van der Waals surface area contributed by atoms with Crippen LogP contribution in [0, 0.1) is 0 Å². The molecule has 0 amide bonds. The molecule has 0 unspecified atom stereocenters. The summed E-state index contributed by atoms with van der Waals surface area (Å²) >= 11 is 5.48. The lowest BCUT2D eigenvalue weighted by molar-refractivity contribution is -0.107. The topological polar surface area (TPSA) is 18.5 Å². The summed E-state index contributed by atoms with van der Waals surface area (Å²) in [6, 6.07) is 0. The first-order valence-corrected chi connectivity index (χ1v) is 5.15. The van der Waals surface area contributed by atoms with Crippen LogP contribution in [0.25, 0.3) is 0 Å².